The molecule has 17 heavy (non-hydrogen) atoms. The van der Waals surface area contributed by atoms with Gasteiger partial charge in [0.2, 0.25) is 0 Å². The van der Waals surface area contributed by atoms with E-state index in [2.05, 4.69) is 36.8 Å². The van der Waals surface area contributed by atoms with Crippen LogP contribution in [0.1, 0.15) is 17.2 Å². The van der Waals surface area contributed by atoms with E-state index in [1.54, 1.807) is 6.20 Å². The first-order chi connectivity index (χ1) is 8.16. The fourth-order valence-corrected chi connectivity index (χ4v) is 3.03. The Bertz CT molecular complexity index is 500. The first kappa shape index (κ1) is 12.7. The summed E-state index contributed by atoms with van der Waals surface area (Å²) in [7, 11) is 0. The molecular formula is C13H12Br2N2. The number of nitrogens with two attached hydrogens (primary N) is 1. The summed E-state index contributed by atoms with van der Waals surface area (Å²) in [5, 5.41) is 0. The maximum atomic E-state index is 6.20. The molecular weight excluding hydrogens is 344 g/mol. The normalized spacial score (nSPS) is 12.4. The molecule has 0 aliphatic heterocycles. The summed E-state index contributed by atoms with van der Waals surface area (Å²) in [6, 6.07) is 10.00. The molecule has 0 aliphatic carbocycles. The van der Waals surface area contributed by atoms with Crippen LogP contribution in [0.25, 0.3) is 0 Å². The van der Waals surface area contributed by atoms with Crippen LogP contribution in [0.15, 0.2) is 51.7 Å². The summed E-state index contributed by atoms with van der Waals surface area (Å²) < 4.78 is 2.07. The summed E-state index contributed by atoms with van der Waals surface area (Å²) in [5.74, 6) is 0. The Morgan fingerprint density at radius 2 is 2.06 bits per heavy atom. The minimum atomic E-state index is -0.0262. The maximum absolute atomic E-state index is 6.20. The van der Waals surface area contributed by atoms with E-state index < -0.39 is 0 Å². The average molecular weight is 356 g/mol. The van der Waals surface area contributed by atoms with Crippen LogP contribution in [0.5, 0.6) is 0 Å². The number of pyridine rings is 1. The third kappa shape index (κ3) is 3.37. The smallest absolute Gasteiger partial charge is 0.0347 e. The molecule has 4 heteroatoms. The van der Waals surface area contributed by atoms with Crippen LogP contribution in [0.3, 0.4) is 0 Å². The molecule has 0 fully saturated rings. The van der Waals surface area contributed by atoms with Crippen LogP contribution in [-0.2, 0) is 6.42 Å². The van der Waals surface area contributed by atoms with E-state index >= 15 is 0 Å². The maximum Gasteiger partial charge on any atom is 0.0347 e. The number of aromatic nitrogens is 1. The largest absolute Gasteiger partial charge is 0.324 e. The molecule has 0 radical (unpaired) electrons. The zero-order valence-corrected chi connectivity index (χ0v) is 12.3. The molecule has 2 N–H and O–H groups in total. The summed E-state index contributed by atoms with van der Waals surface area (Å²) in [6.45, 7) is 0. The Morgan fingerprint density at radius 3 is 2.71 bits per heavy atom. The van der Waals surface area contributed by atoms with Crippen molar-refractivity contribution in [3.05, 3.63) is 62.8 Å². The van der Waals surface area contributed by atoms with Gasteiger partial charge in [-0.3, -0.25) is 4.98 Å². The molecule has 0 amide bonds. The van der Waals surface area contributed by atoms with Crippen molar-refractivity contribution in [1.29, 1.82) is 0 Å². The molecule has 88 valence electrons. The van der Waals surface area contributed by atoms with Crippen molar-refractivity contribution in [2.45, 2.75) is 12.5 Å². The van der Waals surface area contributed by atoms with Gasteiger partial charge in [0, 0.05) is 27.4 Å². The van der Waals surface area contributed by atoms with E-state index in [9.17, 15) is 0 Å². The molecule has 1 atom stereocenters. The molecule has 0 saturated heterocycles. The second-order valence-electron chi connectivity index (χ2n) is 3.84. The second-order valence-corrected chi connectivity index (χ2v) is 5.61. The lowest BCUT2D eigenvalue weighted by Crippen LogP contribution is -2.14. The fraction of sp³-hybridized carbons (Fsp3) is 0.154. The lowest BCUT2D eigenvalue weighted by Gasteiger charge is -2.14. The van der Waals surface area contributed by atoms with E-state index in [-0.39, 0.29) is 6.04 Å². The highest BCUT2D eigenvalue weighted by atomic mass is 79.9. The second kappa shape index (κ2) is 5.76. The van der Waals surface area contributed by atoms with Gasteiger partial charge in [-0.05, 0) is 35.7 Å². The van der Waals surface area contributed by atoms with E-state index in [0.29, 0.717) is 0 Å². The van der Waals surface area contributed by atoms with Crippen molar-refractivity contribution in [2.24, 2.45) is 5.73 Å². The van der Waals surface area contributed by atoms with Gasteiger partial charge in [-0.15, -0.1) is 0 Å². The van der Waals surface area contributed by atoms with Crippen LogP contribution >= 0.6 is 31.9 Å². The molecule has 2 aromatic rings. The number of halogens is 2. The predicted molar refractivity (Wildman–Crippen MR) is 76.7 cm³/mol. The summed E-state index contributed by atoms with van der Waals surface area (Å²) >= 11 is 6.97. The van der Waals surface area contributed by atoms with Gasteiger partial charge in [0.25, 0.3) is 0 Å². The van der Waals surface area contributed by atoms with Crippen molar-refractivity contribution in [3.8, 4) is 0 Å². The number of hydrogen-bond acceptors (Lipinski definition) is 2. The monoisotopic (exact) mass is 354 g/mol. The quantitative estimate of drug-likeness (QED) is 0.908. The fourth-order valence-electron chi connectivity index (χ4n) is 1.68. The van der Waals surface area contributed by atoms with E-state index in [1.807, 2.05) is 36.5 Å². The molecule has 0 saturated carbocycles. The number of nitrogens with zero attached hydrogens (tertiary/aromatic N) is 1. The van der Waals surface area contributed by atoms with E-state index in [4.69, 9.17) is 5.73 Å². The van der Waals surface area contributed by atoms with E-state index in [1.165, 1.54) is 0 Å². The minimum absolute atomic E-state index is 0.0262. The molecule has 2 nitrogen and oxygen atoms in total. The van der Waals surface area contributed by atoms with E-state index in [0.717, 1.165) is 26.5 Å². The Balaban J connectivity index is 2.17. The molecule has 0 aliphatic rings. The van der Waals surface area contributed by atoms with Gasteiger partial charge < -0.3 is 5.73 Å². The molecule has 0 spiro atoms. The lowest BCUT2D eigenvalue weighted by molar-refractivity contribution is 0.716. The third-order valence-corrected chi connectivity index (χ3v) is 3.72. The highest BCUT2D eigenvalue weighted by Gasteiger charge is 2.10. The zero-order chi connectivity index (χ0) is 12.3. The van der Waals surface area contributed by atoms with Crippen LogP contribution in [0, 0.1) is 0 Å². The number of hydrogen-bond donors (Lipinski definition) is 1. The first-order valence-corrected chi connectivity index (χ1v) is 6.85. The topological polar surface area (TPSA) is 38.9 Å². The van der Waals surface area contributed by atoms with Gasteiger partial charge >= 0.3 is 0 Å². The van der Waals surface area contributed by atoms with Crippen molar-refractivity contribution < 1.29 is 0 Å². The lowest BCUT2D eigenvalue weighted by atomic mass is 10.0. The predicted octanol–water partition coefficient (Wildman–Crippen LogP) is 3.85. The van der Waals surface area contributed by atoms with Crippen molar-refractivity contribution in [3.63, 3.8) is 0 Å². The third-order valence-electron chi connectivity index (χ3n) is 2.54. The SMILES string of the molecule is NC(Cc1cccnc1)c1ccc(Br)cc1Br. The highest BCUT2D eigenvalue weighted by molar-refractivity contribution is 9.11. The minimum Gasteiger partial charge on any atom is -0.324 e. The van der Waals surface area contributed by atoms with Gasteiger partial charge in [-0.1, -0.05) is 44.0 Å². The van der Waals surface area contributed by atoms with Gasteiger partial charge in [-0.25, -0.2) is 0 Å². The van der Waals surface area contributed by atoms with Crippen molar-refractivity contribution >= 4 is 31.9 Å². The molecule has 1 unspecified atom stereocenters. The average Bonchev–Trinajstić information content (AvgIpc) is 2.30. The van der Waals surface area contributed by atoms with Crippen LogP contribution in [0.2, 0.25) is 0 Å². The first-order valence-electron chi connectivity index (χ1n) is 5.26. The zero-order valence-electron chi connectivity index (χ0n) is 9.11. The Hall–Kier alpha value is -0.710. The Kier molecular flexibility index (Phi) is 4.31. The summed E-state index contributed by atoms with van der Waals surface area (Å²) in [4.78, 5) is 4.09. The van der Waals surface area contributed by atoms with Gasteiger partial charge in [0.1, 0.15) is 0 Å². The van der Waals surface area contributed by atoms with Crippen molar-refractivity contribution in [2.75, 3.05) is 0 Å². The van der Waals surface area contributed by atoms with Crippen LogP contribution in [0.4, 0.5) is 0 Å². The summed E-state index contributed by atoms with van der Waals surface area (Å²) in [6.07, 6.45) is 4.41. The standard InChI is InChI=1S/C13H12Br2N2/c14-10-3-4-11(12(15)7-10)13(16)6-9-2-1-5-17-8-9/h1-5,7-8,13H,6,16H2. The number of rotatable bonds is 3. The highest BCUT2D eigenvalue weighted by Crippen LogP contribution is 2.27. The number of benzene rings is 1. The Morgan fingerprint density at radius 1 is 1.24 bits per heavy atom. The Labute approximate surface area is 118 Å². The molecule has 1 aromatic carbocycles. The van der Waals surface area contributed by atoms with Crippen LogP contribution < -0.4 is 5.73 Å². The summed E-state index contributed by atoms with van der Waals surface area (Å²) in [5.41, 5.74) is 8.46. The van der Waals surface area contributed by atoms with Crippen LogP contribution in [-0.4, -0.2) is 4.98 Å². The van der Waals surface area contributed by atoms with Gasteiger partial charge in [-0.2, -0.15) is 0 Å². The molecule has 1 aromatic heterocycles. The molecule has 0 bridgehead atoms. The molecule has 1 heterocycles. The van der Waals surface area contributed by atoms with Gasteiger partial charge in [0.05, 0.1) is 0 Å². The van der Waals surface area contributed by atoms with Gasteiger partial charge in [0.15, 0.2) is 0 Å². The molecule has 2 rings (SSSR count). The van der Waals surface area contributed by atoms with Crippen molar-refractivity contribution in [1.82, 2.24) is 4.98 Å².